The summed E-state index contributed by atoms with van der Waals surface area (Å²) in [5, 5.41) is 3.32. The van der Waals surface area contributed by atoms with E-state index in [1.807, 2.05) is 25.1 Å². The van der Waals surface area contributed by atoms with Crippen LogP contribution in [0.15, 0.2) is 30.3 Å². The van der Waals surface area contributed by atoms with Crippen molar-refractivity contribution in [2.45, 2.75) is 26.8 Å². The maximum Gasteiger partial charge on any atom is 0.339 e. The fraction of sp³-hybridized carbons (Fsp3) is 0.312. The van der Waals surface area contributed by atoms with Crippen LogP contribution in [0.25, 0.3) is 0 Å². The van der Waals surface area contributed by atoms with E-state index in [0.29, 0.717) is 5.56 Å². The first-order chi connectivity index (χ1) is 9.63. The zero-order chi connectivity index (χ0) is 14.5. The number of benzene rings is 1. The quantitative estimate of drug-likeness (QED) is 0.845. The number of nitrogens with one attached hydrogen (secondary N) is 1. The summed E-state index contributed by atoms with van der Waals surface area (Å²) in [5.41, 5.74) is 2.44. The van der Waals surface area contributed by atoms with Crippen LogP contribution in [0.4, 0.5) is 5.69 Å². The van der Waals surface area contributed by atoms with Crippen LogP contribution < -0.4 is 5.32 Å². The standard InChI is InChI=1S/C16H19NO2S/c1-4-12-6-7-13(20-12)10-17-15-8-5-11(2)9-14(15)16(18)19-3/h5-9,17H,4,10H2,1-3H3. The number of carbonyl (C=O) groups excluding carboxylic acids is 1. The Kier molecular flexibility index (Phi) is 4.79. The molecule has 3 nitrogen and oxygen atoms in total. The van der Waals surface area contributed by atoms with Crippen molar-refractivity contribution in [1.82, 2.24) is 0 Å². The third-order valence-corrected chi connectivity index (χ3v) is 4.33. The highest BCUT2D eigenvalue weighted by molar-refractivity contribution is 7.12. The number of ether oxygens (including phenoxy) is 1. The van der Waals surface area contributed by atoms with E-state index in [0.717, 1.165) is 24.2 Å². The predicted molar refractivity (Wildman–Crippen MR) is 83.5 cm³/mol. The average molecular weight is 289 g/mol. The van der Waals surface area contributed by atoms with Crippen LogP contribution >= 0.6 is 11.3 Å². The largest absolute Gasteiger partial charge is 0.465 e. The summed E-state index contributed by atoms with van der Waals surface area (Å²) in [4.78, 5) is 14.4. The van der Waals surface area contributed by atoms with Crippen molar-refractivity contribution in [3.8, 4) is 0 Å². The summed E-state index contributed by atoms with van der Waals surface area (Å²) in [6, 6.07) is 10.0. The highest BCUT2D eigenvalue weighted by Gasteiger charge is 2.12. The summed E-state index contributed by atoms with van der Waals surface area (Å²) in [7, 11) is 1.40. The second kappa shape index (κ2) is 6.57. The minimum atomic E-state index is -0.309. The summed E-state index contributed by atoms with van der Waals surface area (Å²) in [5.74, 6) is -0.309. The van der Waals surface area contributed by atoms with E-state index in [1.54, 1.807) is 11.3 Å². The second-order valence-corrected chi connectivity index (χ2v) is 5.87. The first kappa shape index (κ1) is 14.6. The van der Waals surface area contributed by atoms with Crippen LogP contribution in [0, 0.1) is 6.92 Å². The van der Waals surface area contributed by atoms with Crippen LogP contribution in [0.1, 0.15) is 32.6 Å². The summed E-state index contributed by atoms with van der Waals surface area (Å²) < 4.78 is 4.83. The van der Waals surface area contributed by atoms with E-state index in [2.05, 4.69) is 24.4 Å². The van der Waals surface area contributed by atoms with Gasteiger partial charge in [0.25, 0.3) is 0 Å². The van der Waals surface area contributed by atoms with Gasteiger partial charge in [0, 0.05) is 22.0 Å². The molecule has 0 radical (unpaired) electrons. The molecule has 0 bridgehead atoms. The molecule has 0 aliphatic rings. The van der Waals surface area contributed by atoms with Gasteiger partial charge in [-0.25, -0.2) is 4.79 Å². The first-order valence-electron chi connectivity index (χ1n) is 6.64. The third-order valence-electron chi connectivity index (χ3n) is 3.10. The summed E-state index contributed by atoms with van der Waals surface area (Å²) >= 11 is 1.80. The van der Waals surface area contributed by atoms with Gasteiger partial charge in [-0.05, 0) is 37.6 Å². The maximum absolute atomic E-state index is 11.8. The zero-order valence-electron chi connectivity index (χ0n) is 12.0. The number of thiophene rings is 1. The van der Waals surface area contributed by atoms with Gasteiger partial charge in [-0.2, -0.15) is 0 Å². The molecule has 0 atom stereocenters. The predicted octanol–water partition coefficient (Wildman–Crippen LogP) is 4.02. The molecule has 2 rings (SSSR count). The zero-order valence-corrected chi connectivity index (χ0v) is 12.8. The van der Waals surface area contributed by atoms with Gasteiger partial charge in [0.1, 0.15) is 0 Å². The van der Waals surface area contributed by atoms with Crippen LogP contribution in [0.5, 0.6) is 0 Å². The number of aryl methyl sites for hydroxylation is 2. The van der Waals surface area contributed by atoms with Gasteiger partial charge < -0.3 is 10.1 Å². The molecule has 0 saturated carbocycles. The second-order valence-electron chi connectivity index (χ2n) is 4.62. The summed E-state index contributed by atoms with van der Waals surface area (Å²) in [6.07, 6.45) is 1.06. The van der Waals surface area contributed by atoms with E-state index >= 15 is 0 Å². The molecule has 1 aromatic carbocycles. The smallest absolute Gasteiger partial charge is 0.339 e. The van der Waals surface area contributed by atoms with Gasteiger partial charge >= 0.3 is 5.97 Å². The molecule has 2 aromatic rings. The Morgan fingerprint density at radius 3 is 2.65 bits per heavy atom. The molecule has 4 heteroatoms. The Bertz CT molecular complexity index is 604. The monoisotopic (exact) mass is 289 g/mol. The van der Waals surface area contributed by atoms with Crippen molar-refractivity contribution in [1.29, 1.82) is 0 Å². The number of anilines is 1. The molecular weight excluding hydrogens is 270 g/mol. The molecular formula is C16H19NO2S. The van der Waals surface area contributed by atoms with E-state index in [1.165, 1.54) is 16.9 Å². The molecule has 0 saturated heterocycles. The van der Waals surface area contributed by atoms with Crippen LogP contribution in [-0.2, 0) is 17.7 Å². The lowest BCUT2D eigenvalue weighted by Gasteiger charge is -2.10. The molecule has 0 fully saturated rings. The topological polar surface area (TPSA) is 38.3 Å². The van der Waals surface area contributed by atoms with Crippen molar-refractivity contribution in [2.75, 3.05) is 12.4 Å². The fourth-order valence-corrected chi connectivity index (χ4v) is 2.88. The Hall–Kier alpha value is -1.81. The number of esters is 1. The van der Waals surface area contributed by atoms with Crippen LogP contribution in [0.3, 0.4) is 0 Å². The van der Waals surface area contributed by atoms with Crippen molar-refractivity contribution in [2.24, 2.45) is 0 Å². The van der Waals surface area contributed by atoms with Gasteiger partial charge in [-0.1, -0.05) is 18.6 Å². The molecule has 20 heavy (non-hydrogen) atoms. The van der Waals surface area contributed by atoms with Gasteiger partial charge in [-0.15, -0.1) is 11.3 Å². The first-order valence-corrected chi connectivity index (χ1v) is 7.46. The number of rotatable bonds is 5. The van der Waals surface area contributed by atoms with E-state index < -0.39 is 0 Å². The Morgan fingerprint density at radius 1 is 1.25 bits per heavy atom. The van der Waals surface area contributed by atoms with Crippen molar-refractivity contribution in [3.05, 3.63) is 51.2 Å². The van der Waals surface area contributed by atoms with Gasteiger partial charge in [-0.3, -0.25) is 0 Å². The SMILES string of the molecule is CCc1ccc(CNc2ccc(C)cc2C(=O)OC)s1. The van der Waals surface area contributed by atoms with Crippen molar-refractivity contribution >= 4 is 23.0 Å². The van der Waals surface area contributed by atoms with Crippen molar-refractivity contribution in [3.63, 3.8) is 0 Å². The Morgan fingerprint density at radius 2 is 2.00 bits per heavy atom. The minimum absolute atomic E-state index is 0.309. The lowest BCUT2D eigenvalue weighted by atomic mass is 10.1. The molecule has 0 aliphatic heterocycles. The maximum atomic E-state index is 11.8. The van der Waals surface area contributed by atoms with Gasteiger partial charge in [0.15, 0.2) is 0 Å². The summed E-state index contributed by atoms with van der Waals surface area (Å²) in [6.45, 7) is 4.83. The number of methoxy groups -OCH3 is 1. The molecule has 0 amide bonds. The molecule has 106 valence electrons. The van der Waals surface area contributed by atoms with Gasteiger partial charge in [0.05, 0.1) is 12.7 Å². The van der Waals surface area contributed by atoms with Gasteiger partial charge in [0.2, 0.25) is 0 Å². The highest BCUT2D eigenvalue weighted by atomic mass is 32.1. The number of hydrogen-bond acceptors (Lipinski definition) is 4. The fourth-order valence-electron chi connectivity index (χ4n) is 1.98. The van der Waals surface area contributed by atoms with E-state index in [-0.39, 0.29) is 5.97 Å². The Labute approximate surface area is 123 Å². The molecule has 0 spiro atoms. The normalized spacial score (nSPS) is 10.3. The van der Waals surface area contributed by atoms with Crippen LogP contribution in [0.2, 0.25) is 0 Å². The lowest BCUT2D eigenvalue weighted by Crippen LogP contribution is -2.08. The molecule has 1 heterocycles. The van der Waals surface area contributed by atoms with E-state index in [9.17, 15) is 4.79 Å². The Balaban J connectivity index is 2.14. The molecule has 0 aliphatic carbocycles. The number of hydrogen-bond donors (Lipinski definition) is 1. The molecule has 0 unspecified atom stereocenters. The van der Waals surface area contributed by atoms with Crippen LogP contribution in [-0.4, -0.2) is 13.1 Å². The highest BCUT2D eigenvalue weighted by Crippen LogP contribution is 2.22. The number of carbonyl (C=O) groups is 1. The van der Waals surface area contributed by atoms with Crippen molar-refractivity contribution < 1.29 is 9.53 Å². The average Bonchev–Trinajstić information content (AvgIpc) is 2.93. The lowest BCUT2D eigenvalue weighted by molar-refractivity contribution is 0.0601. The van der Waals surface area contributed by atoms with E-state index in [4.69, 9.17) is 4.74 Å². The molecule has 1 N–H and O–H groups in total. The minimum Gasteiger partial charge on any atom is -0.465 e. The third kappa shape index (κ3) is 3.39. The molecule has 1 aromatic heterocycles.